The highest BCUT2D eigenvalue weighted by Gasteiger charge is 2.20. The number of amides is 1. The molecule has 6 heteroatoms. The van der Waals surface area contributed by atoms with E-state index in [0.717, 1.165) is 13.1 Å². The van der Waals surface area contributed by atoms with E-state index < -0.39 is 12.1 Å². The van der Waals surface area contributed by atoms with E-state index in [1.165, 1.54) is 24.9 Å². The lowest BCUT2D eigenvalue weighted by atomic mass is 10.1. The van der Waals surface area contributed by atoms with E-state index in [-0.39, 0.29) is 5.91 Å². The smallest absolute Gasteiger partial charge is 0.355 e. The van der Waals surface area contributed by atoms with Gasteiger partial charge in [0.1, 0.15) is 5.69 Å². The van der Waals surface area contributed by atoms with Crippen molar-refractivity contribution in [2.45, 2.75) is 32.3 Å². The second kappa shape index (κ2) is 8.08. The minimum Gasteiger partial charge on any atom is -0.448 e. The highest BCUT2D eigenvalue weighted by molar-refractivity contribution is 5.97. The Hall–Kier alpha value is -2.76. The van der Waals surface area contributed by atoms with Gasteiger partial charge in [0.15, 0.2) is 6.10 Å². The number of rotatable bonds is 5. The number of carbonyl (C=O) groups excluding carboxylic acids is 2. The summed E-state index contributed by atoms with van der Waals surface area (Å²) in [5, 5.41) is 2.80. The molecule has 0 unspecified atom stereocenters. The molecule has 1 aromatic heterocycles. The quantitative estimate of drug-likeness (QED) is 0.837. The molecule has 0 bridgehead atoms. The van der Waals surface area contributed by atoms with Crippen molar-refractivity contribution in [1.29, 1.82) is 0 Å². The van der Waals surface area contributed by atoms with Gasteiger partial charge in [-0.15, -0.1) is 0 Å². The lowest BCUT2D eigenvalue weighted by molar-refractivity contribution is -0.123. The molecule has 2 aromatic rings. The Morgan fingerprint density at radius 2 is 1.77 bits per heavy atom. The zero-order valence-electron chi connectivity index (χ0n) is 15.3. The molecule has 0 aliphatic carbocycles. The van der Waals surface area contributed by atoms with Crippen LogP contribution >= 0.6 is 0 Å². The van der Waals surface area contributed by atoms with Crippen LogP contribution in [0.4, 0.5) is 11.4 Å². The summed E-state index contributed by atoms with van der Waals surface area (Å²) in [6.07, 6.45) is 4.62. The van der Waals surface area contributed by atoms with E-state index in [1.54, 1.807) is 36.9 Å². The van der Waals surface area contributed by atoms with Gasteiger partial charge < -0.3 is 19.5 Å². The Kier molecular flexibility index (Phi) is 5.61. The summed E-state index contributed by atoms with van der Waals surface area (Å²) in [6.45, 7) is 3.73. The molecule has 0 radical (unpaired) electrons. The van der Waals surface area contributed by atoms with Gasteiger partial charge in [0, 0.05) is 37.7 Å². The molecule has 1 aromatic carbocycles. The van der Waals surface area contributed by atoms with Crippen LogP contribution in [0.2, 0.25) is 0 Å². The number of carbonyl (C=O) groups is 2. The molecule has 1 fully saturated rings. The van der Waals surface area contributed by atoms with Crippen LogP contribution in [0.5, 0.6) is 0 Å². The molecule has 3 rings (SSSR count). The van der Waals surface area contributed by atoms with Crippen LogP contribution in [-0.4, -0.2) is 35.6 Å². The first-order valence-electron chi connectivity index (χ1n) is 9.03. The first-order chi connectivity index (χ1) is 12.5. The summed E-state index contributed by atoms with van der Waals surface area (Å²) in [5.74, 6) is -0.862. The summed E-state index contributed by atoms with van der Waals surface area (Å²) in [5.41, 5.74) is 2.28. The van der Waals surface area contributed by atoms with Crippen LogP contribution in [0.25, 0.3) is 0 Å². The Labute approximate surface area is 153 Å². The van der Waals surface area contributed by atoms with Gasteiger partial charge in [0.05, 0.1) is 0 Å². The number of benzene rings is 1. The Bertz CT molecular complexity index is 761. The third-order valence-electron chi connectivity index (χ3n) is 4.66. The number of aromatic nitrogens is 1. The molecule has 1 atom stereocenters. The van der Waals surface area contributed by atoms with Crippen LogP contribution in [0.1, 0.15) is 36.7 Å². The molecular weight excluding hydrogens is 330 g/mol. The van der Waals surface area contributed by atoms with E-state index in [9.17, 15) is 9.59 Å². The number of esters is 1. The van der Waals surface area contributed by atoms with Crippen LogP contribution < -0.4 is 10.2 Å². The summed E-state index contributed by atoms with van der Waals surface area (Å²) in [7, 11) is 1.76. The van der Waals surface area contributed by atoms with E-state index in [0.29, 0.717) is 11.4 Å². The molecule has 6 nitrogen and oxygen atoms in total. The van der Waals surface area contributed by atoms with Gasteiger partial charge >= 0.3 is 5.97 Å². The summed E-state index contributed by atoms with van der Waals surface area (Å²) < 4.78 is 6.91. The first-order valence-corrected chi connectivity index (χ1v) is 9.03. The molecule has 26 heavy (non-hydrogen) atoms. The van der Waals surface area contributed by atoms with Crippen molar-refractivity contribution in [2.75, 3.05) is 23.3 Å². The maximum Gasteiger partial charge on any atom is 0.355 e. The third kappa shape index (κ3) is 4.25. The zero-order valence-corrected chi connectivity index (χ0v) is 15.3. The van der Waals surface area contributed by atoms with Crippen molar-refractivity contribution in [3.8, 4) is 0 Å². The van der Waals surface area contributed by atoms with Crippen LogP contribution in [-0.2, 0) is 16.6 Å². The highest BCUT2D eigenvalue weighted by atomic mass is 16.5. The van der Waals surface area contributed by atoms with Crippen molar-refractivity contribution in [3.63, 3.8) is 0 Å². The molecule has 1 saturated heterocycles. The minimum absolute atomic E-state index is 0.349. The van der Waals surface area contributed by atoms with Crippen LogP contribution in [0, 0.1) is 0 Å². The molecule has 1 aliphatic heterocycles. The minimum atomic E-state index is -0.876. The van der Waals surface area contributed by atoms with Crippen molar-refractivity contribution < 1.29 is 14.3 Å². The van der Waals surface area contributed by atoms with Crippen LogP contribution in [0.15, 0.2) is 42.6 Å². The number of hydrogen-bond acceptors (Lipinski definition) is 4. The number of anilines is 2. The fraction of sp³-hybridized carbons (Fsp3) is 0.400. The van der Waals surface area contributed by atoms with E-state index in [2.05, 4.69) is 10.2 Å². The van der Waals surface area contributed by atoms with Gasteiger partial charge in [-0.2, -0.15) is 0 Å². The largest absolute Gasteiger partial charge is 0.448 e. The maximum absolute atomic E-state index is 12.3. The summed E-state index contributed by atoms with van der Waals surface area (Å²) >= 11 is 0. The molecule has 0 spiro atoms. The molecule has 138 valence electrons. The maximum atomic E-state index is 12.3. The molecule has 1 aliphatic rings. The van der Waals surface area contributed by atoms with E-state index in [1.807, 2.05) is 24.3 Å². The molecular formula is C20H25N3O3. The lowest BCUT2D eigenvalue weighted by Crippen LogP contribution is -2.30. The first kappa shape index (κ1) is 18.0. The Morgan fingerprint density at radius 3 is 2.38 bits per heavy atom. The monoisotopic (exact) mass is 355 g/mol. The van der Waals surface area contributed by atoms with Crippen molar-refractivity contribution in [1.82, 2.24) is 4.57 Å². The second-order valence-corrected chi connectivity index (χ2v) is 6.64. The second-order valence-electron chi connectivity index (χ2n) is 6.64. The number of aryl methyl sites for hydroxylation is 1. The van der Waals surface area contributed by atoms with Crippen molar-refractivity contribution in [2.24, 2.45) is 7.05 Å². The van der Waals surface area contributed by atoms with Gasteiger partial charge in [0.2, 0.25) is 0 Å². The summed E-state index contributed by atoms with van der Waals surface area (Å²) in [4.78, 5) is 26.7. The van der Waals surface area contributed by atoms with Crippen molar-refractivity contribution >= 4 is 23.3 Å². The fourth-order valence-corrected chi connectivity index (χ4v) is 3.10. The average molecular weight is 355 g/mol. The predicted octanol–water partition coefficient (Wildman–Crippen LogP) is 3.20. The zero-order chi connectivity index (χ0) is 18.5. The number of piperidine rings is 1. The van der Waals surface area contributed by atoms with Gasteiger partial charge in [-0.25, -0.2) is 4.79 Å². The molecule has 0 saturated carbocycles. The molecule has 1 amide bonds. The normalized spacial score (nSPS) is 15.4. The number of nitrogens with zero attached hydrogens (tertiary/aromatic N) is 2. The highest BCUT2D eigenvalue weighted by Crippen LogP contribution is 2.22. The predicted molar refractivity (Wildman–Crippen MR) is 101 cm³/mol. The Balaban J connectivity index is 1.55. The van der Waals surface area contributed by atoms with Gasteiger partial charge in [0.25, 0.3) is 5.91 Å². The molecule has 1 N–H and O–H groups in total. The summed E-state index contributed by atoms with van der Waals surface area (Å²) in [6, 6.07) is 11.2. The number of ether oxygens (including phenoxy) is 1. The third-order valence-corrected chi connectivity index (χ3v) is 4.66. The van der Waals surface area contributed by atoms with Gasteiger partial charge in [-0.05, 0) is 62.6 Å². The number of hydrogen-bond donors (Lipinski definition) is 1. The molecule has 2 heterocycles. The SMILES string of the molecule is C[C@H](OC(=O)c1cccn1C)C(=O)Nc1ccc(N2CCCCC2)cc1. The standard InChI is InChI=1S/C20H25N3O3/c1-15(26-20(25)18-7-6-12-22(18)2)19(24)21-16-8-10-17(11-9-16)23-13-4-3-5-14-23/h6-12,15H,3-5,13-14H2,1-2H3,(H,21,24)/t15-/m0/s1. The van der Waals surface area contributed by atoms with Gasteiger partial charge in [-0.1, -0.05) is 0 Å². The Morgan fingerprint density at radius 1 is 1.08 bits per heavy atom. The van der Waals surface area contributed by atoms with E-state index >= 15 is 0 Å². The van der Waals surface area contributed by atoms with Crippen LogP contribution in [0.3, 0.4) is 0 Å². The lowest BCUT2D eigenvalue weighted by Gasteiger charge is -2.28. The number of nitrogens with one attached hydrogen (secondary N) is 1. The van der Waals surface area contributed by atoms with E-state index in [4.69, 9.17) is 4.74 Å². The van der Waals surface area contributed by atoms with Crippen molar-refractivity contribution in [3.05, 3.63) is 48.3 Å². The topological polar surface area (TPSA) is 63.6 Å². The fourth-order valence-electron chi connectivity index (χ4n) is 3.10. The van der Waals surface area contributed by atoms with Gasteiger partial charge in [-0.3, -0.25) is 4.79 Å². The average Bonchev–Trinajstić information content (AvgIpc) is 3.09.